The van der Waals surface area contributed by atoms with E-state index in [9.17, 15) is 14.4 Å². The molecule has 3 amide bonds. The van der Waals surface area contributed by atoms with Gasteiger partial charge in [0.1, 0.15) is 0 Å². The second-order valence-corrected chi connectivity index (χ2v) is 6.81. The fourth-order valence-electron chi connectivity index (χ4n) is 3.15. The molecular formula is C17H16Cl2N2O3. The molecule has 5 nitrogen and oxygen atoms in total. The number of imide groups is 1. The average Bonchev–Trinajstić information content (AvgIpc) is 2.76. The monoisotopic (exact) mass is 366 g/mol. The van der Waals surface area contributed by atoms with Crippen LogP contribution in [0.2, 0.25) is 10.0 Å². The molecule has 0 bridgehead atoms. The van der Waals surface area contributed by atoms with Crippen molar-refractivity contribution in [2.45, 2.75) is 19.3 Å². The first kappa shape index (κ1) is 17.0. The van der Waals surface area contributed by atoms with Crippen LogP contribution in [0.25, 0.3) is 0 Å². The molecular weight excluding hydrogens is 351 g/mol. The molecule has 0 radical (unpaired) electrons. The van der Waals surface area contributed by atoms with Crippen LogP contribution in [0.15, 0.2) is 30.4 Å². The Bertz CT molecular complexity index is 686. The summed E-state index contributed by atoms with van der Waals surface area (Å²) in [5, 5.41) is 3.50. The molecule has 3 rings (SSSR count). The minimum atomic E-state index is -0.304. The summed E-state index contributed by atoms with van der Waals surface area (Å²) in [5.41, 5.74) is 0.481. The van der Waals surface area contributed by atoms with Crippen LogP contribution in [-0.2, 0) is 14.4 Å². The fraction of sp³-hybridized carbons (Fsp3) is 0.353. The molecule has 1 aromatic carbocycles. The van der Waals surface area contributed by atoms with Gasteiger partial charge in [-0.05, 0) is 31.0 Å². The van der Waals surface area contributed by atoms with Crippen molar-refractivity contribution in [3.63, 3.8) is 0 Å². The first-order valence-electron chi connectivity index (χ1n) is 7.72. The van der Waals surface area contributed by atoms with Crippen LogP contribution in [0.4, 0.5) is 5.69 Å². The van der Waals surface area contributed by atoms with E-state index in [0.717, 1.165) is 0 Å². The number of anilines is 1. The molecule has 1 aliphatic carbocycles. The van der Waals surface area contributed by atoms with Gasteiger partial charge in [-0.3, -0.25) is 19.3 Å². The predicted octanol–water partition coefficient (Wildman–Crippen LogP) is 3.27. The average molecular weight is 367 g/mol. The van der Waals surface area contributed by atoms with Gasteiger partial charge in [-0.1, -0.05) is 35.4 Å². The molecule has 0 aromatic heterocycles. The van der Waals surface area contributed by atoms with Gasteiger partial charge in [-0.25, -0.2) is 0 Å². The smallest absolute Gasteiger partial charge is 0.233 e. The molecule has 7 heteroatoms. The van der Waals surface area contributed by atoms with Crippen LogP contribution in [0.3, 0.4) is 0 Å². The molecule has 2 unspecified atom stereocenters. The third-order valence-electron chi connectivity index (χ3n) is 4.31. The molecule has 1 N–H and O–H groups in total. The minimum absolute atomic E-state index is 0.0362. The molecule has 1 fully saturated rings. The van der Waals surface area contributed by atoms with Gasteiger partial charge >= 0.3 is 0 Å². The van der Waals surface area contributed by atoms with E-state index in [4.69, 9.17) is 23.2 Å². The summed E-state index contributed by atoms with van der Waals surface area (Å²) in [5.74, 6) is -1.18. The Morgan fingerprint density at radius 1 is 1.04 bits per heavy atom. The Hall–Kier alpha value is -1.85. The normalized spacial score (nSPS) is 22.7. The first-order chi connectivity index (χ1) is 11.5. The second-order valence-electron chi connectivity index (χ2n) is 5.94. The van der Waals surface area contributed by atoms with Crippen molar-refractivity contribution in [2.24, 2.45) is 11.8 Å². The number of likely N-dealkylation sites (tertiary alicyclic amines) is 1. The molecule has 1 saturated heterocycles. The highest BCUT2D eigenvalue weighted by atomic mass is 35.5. The van der Waals surface area contributed by atoms with E-state index in [1.54, 1.807) is 18.2 Å². The van der Waals surface area contributed by atoms with E-state index in [2.05, 4.69) is 5.32 Å². The van der Waals surface area contributed by atoms with E-state index in [0.29, 0.717) is 28.6 Å². The van der Waals surface area contributed by atoms with Crippen molar-refractivity contribution in [1.82, 2.24) is 4.90 Å². The Kier molecular flexibility index (Phi) is 4.92. The lowest BCUT2D eigenvalue weighted by Crippen LogP contribution is -2.34. The Labute approximate surface area is 149 Å². The van der Waals surface area contributed by atoms with Gasteiger partial charge in [0.05, 0.1) is 11.8 Å². The summed E-state index contributed by atoms with van der Waals surface area (Å²) >= 11 is 11.8. The van der Waals surface area contributed by atoms with Crippen molar-refractivity contribution >= 4 is 46.6 Å². The molecule has 2 aliphatic rings. The highest BCUT2D eigenvalue weighted by Gasteiger charge is 2.46. The zero-order valence-electron chi connectivity index (χ0n) is 12.8. The van der Waals surface area contributed by atoms with Crippen molar-refractivity contribution in [2.75, 3.05) is 11.9 Å². The second kappa shape index (κ2) is 6.95. The third-order valence-corrected chi connectivity index (χ3v) is 4.74. The Morgan fingerprint density at radius 3 is 2.12 bits per heavy atom. The van der Waals surface area contributed by atoms with Crippen LogP contribution < -0.4 is 5.32 Å². The SMILES string of the molecule is O=C(CCN1C(=O)C2CC=CCC2C1=O)Nc1cc(Cl)cc(Cl)c1. The third kappa shape index (κ3) is 3.47. The number of nitrogens with zero attached hydrogens (tertiary/aromatic N) is 1. The van der Waals surface area contributed by atoms with Crippen LogP contribution in [0.5, 0.6) is 0 Å². The number of nitrogens with one attached hydrogen (secondary N) is 1. The van der Waals surface area contributed by atoms with Crippen LogP contribution in [0, 0.1) is 11.8 Å². The maximum Gasteiger partial charge on any atom is 0.233 e. The number of carbonyl (C=O) groups excluding carboxylic acids is 3. The maximum atomic E-state index is 12.3. The van der Waals surface area contributed by atoms with E-state index in [-0.39, 0.29) is 42.5 Å². The summed E-state index contributed by atoms with van der Waals surface area (Å²) in [7, 11) is 0. The lowest BCUT2D eigenvalue weighted by molar-refractivity contribution is -0.140. The number of rotatable bonds is 4. The molecule has 0 saturated carbocycles. The molecule has 2 atom stereocenters. The molecule has 24 heavy (non-hydrogen) atoms. The highest BCUT2D eigenvalue weighted by Crippen LogP contribution is 2.35. The van der Waals surface area contributed by atoms with Gasteiger partial charge in [0.2, 0.25) is 17.7 Å². The quantitative estimate of drug-likeness (QED) is 0.656. The zero-order valence-corrected chi connectivity index (χ0v) is 14.3. The zero-order chi connectivity index (χ0) is 17.3. The summed E-state index contributed by atoms with van der Waals surface area (Å²) in [4.78, 5) is 37.9. The van der Waals surface area contributed by atoms with E-state index < -0.39 is 0 Å². The van der Waals surface area contributed by atoms with E-state index in [1.165, 1.54) is 4.90 Å². The summed E-state index contributed by atoms with van der Waals surface area (Å²) in [6.07, 6.45) is 5.10. The fourth-order valence-corrected chi connectivity index (χ4v) is 3.68. The molecule has 126 valence electrons. The Morgan fingerprint density at radius 2 is 1.58 bits per heavy atom. The summed E-state index contributed by atoms with van der Waals surface area (Å²) in [6.45, 7) is 0.0881. The number of carbonyl (C=O) groups is 3. The molecule has 1 aliphatic heterocycles. The van der Waals surface area contributed by atoms with Crippen molar-refractivity contribution < 1.29 is 14.4 Å². The molecule has 0 spiro atoms. The lowest BCUT2D eigenvalue weighted by Gasteiger charge is -2.14. The van der Waals surface area contributed by atoms with Crippen LogP contribution >= 0.6 is 23.2 Å². The van der Waals surface area contributed by atoms with Crippen LogP contribution in [-0.4, -0.2) is 29.2 Å². The number of hydrogen-bond donors (Lipinski definition) is 1. The van der Waals surface area contributed by atoms with Crippen molar-refractivity contribution in [3.8, 4) is 0 Å². The number of hydrogen-bond acceptors (Lipinski definition) is 3. The number of allylic oxidation sites excluding steroid dienone is 2. The standard InChI is InChI=1S/C17H16Cl2N2O3/c18-10-7-11(19)9-12(8-10)20-15(22)5-6-21-16(23)13-3-1-2-4-14(13)17(21)24/h1-2,7-9,13-14H,3-6H2,(H,20,22). The maximum absolute atomic E-state index is 12.3. The molecule has 1 aromatic rings. The summed E-state index contributed by atoms with van der Waals surface area (Å²) < 4.78 is 0. The number of benzene rings is 1. The molecule has 1 heterocycles. The number of fused-ring (bicyclic) bond motifs is 1. The summed E-state index contributed by atoms with van der Waals surface area (Å²) in [6, 6.07) is 4.73. The minimum Gasteiger partial charge on any atom is -0.326 e. The van der Waals surface area contributed by atoms with Gasteiger partial charge in [-0.2, -0.15) is 0 Å². The van der Waals surface area contributed by atoms with Gasteiger partial charge in [-0.15, -0.1) is 0 Å². The highest BCUT2D eigenvalue weighted by molar-refractivity contribution is 6.35. The van der Waals surface area contributed by atoms with Gasteiger partial charge in [0, 0.05) is 28.7 Å². The van der Waals surface area contributed by atoms with Crippen molar-refractivity contribution in [1.29, 1.82) is 0 Å². The van der Waals surface area contributed by atoms with Crippen molar-refractivity contribution in [3.05, 3.63) is 40.4 Å². The van der Waals surface area contributed by atoms with Gasteiger partial charge in [0.25, 0.3) is 0 Å². The van der Waals surface area contributed by atoms with E-state index in [1.807, 2.05) is 12.2 Å². The topological polar surface area (TPSA) is 66.5 Å². The Balaban J connectivity index is 1.58. The largest absolute Gasteiger partial charge is 0.326 e. The van der Waals surface area contributed by atoms with Gasteiger partial charge < -0.3 is 5.32 Å². The number of halogens is 2. The van der Waals surface area contributed by atoms with Gasteiger partial charge in [0.15, 0.2) is 0 Å². The van der Waals surface area contributed by atoms with E-state index >= 15 is 0 Å². The predicted molar refractivity (Wildman–Crippen MR) is 91.8 cm³/mol. The number of amides is 3. The first-order valence-corrected chi connectivity index (χ1v) is 8.47. The van der Waals surface area contributed by atoms with Crippen LogP contribution in [0.1, 0.15) is 19.3 Å². The lowest BCUT2D eigenvalue weighted by atomic mass is 9.85.